The molecule has 1 aromatic heterocycles. The molecule has 1 heterocycles. The number of aryl methyl sites for hydroxylation is 2. The van der Waals surface area contributed by atoms with Gasteiger partial charge in [0.15, 0.2) is 5.78 Å². The molecule has 1 atom stereocenters. The molecule has 0 N–H and O–H groups in total. The summed E-state index contributed by atoms with van der Waals surface area (Å²) in [7, 11) is 1.68. The maximum Gasteiger partial charge on any atom is 0.266 e. The van der Waals surface area contributed by atoms with Crippen LogP contribution in [0.2, 0.25) is 0 Å². The summed E-state index contributed by atoms with van der Waals surface area (Å²) in [6.45, 7) is 0. The highest BCUT2D eigenvalue weighted by atomic mass is 16.1. The summed E-state index contributed by atoms with van der Waals surface area (Å²) in [4.78, 5) is 24.7. The molecule has 4 heteroatoms. The smallest absolute Gasteiger partial charge is 0.266 e. The van der Waals surface area contributed by atoms with Crippen LogP contribution in [0.15, 0.2) is 53.3 Å². The number of ketones is 1. The van der Waals surface area contributed by atoms with Gasteiger partial charge in [-0.3, -0.25) is 9.59 Å². The molecule has 0 fully saturated rings. The molecule has 1 unspecified atom stereocenters. The SMILES string of the molecule is Cn1nc2c(cc1=O)CC(CC(=O)c1cccc3ccccc13)CC2. The van der Waals surface area contributed by atoms with Crippen LogP contribution in [0, 0.1) is 5.92 Å². The maximum atomic E-state index is 12.9. The first-order chi connectivity index (χ1) is 12.1. The van der Waals surface area contributed by atoms with Crippen molar-refractivity contribution in [1.29, 1.82) is 0 Å². The van der Waals surface area contributed by atoms with E-state index in [0.717, 1.165) is 46.9 Å². The number of carbonyl (C=O) groups is 1. The van der Waals surface area contributed by atoms with Crippen LogP contribution in [0.5, 0.6) is 0 Å². The first kappa shape index (κ1) is 15.8. The summed E-state index contributed by atoms with van der Waals surface area (Å²) in [5.41, 5.74) is 2.71. The molecule has 3 aromatic rings. The second kappa shape index (κ2) is 6.28. The highest BCUT2D eigenvalue weighted by Crippen LogP contribution is 2.28. The van der Waals surface area contributed by atoms with Crippen molar-refractivity contribution < 1.29 is 4.79 Å². The summed E-state index contributed by atoms with van der Waals surface area (Å²) >= 11 is 0. The Balaban J connectivity index is 1.57. The number of fused-ring (bicyclic) bond motifs is 2. The van der Waals surface area contributed by atoms with Crippen LogP contribution in [0.1, 0.15) is 34.5 Å². The summed E-state index contributed by atoms with van der Waals surface area (Å²) in [5, 5.41) is 6.45. The van der Waals surface area contributed by atoms with Gasteiger partial charge in [-0.2, -0.15) is 5.10 Å². The second-order valence-corrected chi connectivity index (χ2v) is 6.84. The first-order valence-corrected chi connectivity index (χ1v) is 8.69. The van der Waals surface area contributed by atoms with E-state index < -0.39 is 0 Å². The Morgan fingerprint density at radius 2 is 2.00 bits per heavy atom. The number of nitrogens with zero attached hydrogens (tertiary/aromatic N) is 2. The monoisotopic (exact) mass is 332 g/mol. The molecular weight excluding hydrogens is 312 g/mol. The van der Waals surface area contributed by atoms with Crippen LogP contribution in [-0.4, -0.2) is 15.6 Å². The fourth-order valence-electron chi connectivity index (χ4n) is 3.78. The van der Waals surface area contributed by atoms with Crippen LogP contribution in [0.25, 0.3) is 10.8 Å². The Morgan fingerprint density at radius 3 is 2.88 bits per heavy atom. The van der Waals surface area contributed by atoms with Crippen molar-refractivity contribution in [1.82, 2.24) is 9.78 Å². The molecule has 1 aliphatic carbocycles. The van der Waals surface area contributed by atoms with Crippen molar-refractivity contribution in [2.75, 3.05) is 0 Å². The van der Waals surface area contributed by atoms with Gasteiger partial charge in [-0.15, -0.1) is 0 Å². The van der Waals surface area contributed by atoms with Crippen molar-refractivity contribution >= 4 is 16.6 Å². The standard InChI is InChI=1S/C21H20N2O2/c1-23-21(25)13-16-11-14(9-10-19(16)22-23)12-20(24)18-8-4-6-15-5-2-3-7-17(15)18/h2-8,13-14H,9-12H2,1H3. The van der Waals surface area contributed by atoms with Gasteiger partial charge in [-0.05, 0) is 41.5 Å². The minimum Gasteiger partial charge on any atom is -0.294 e. The lowest BCUT2D eigenvalue weighted by Gasteiger charge is -2.23. The van der Waals surface area contributed by atoms with Gasteiger partial charge in [0, 0.05) is 25.1 Å². The van der Waals surface area contributed by atoms with E-state index in [1.54, 1.807) is 13.1 Å². The summed E-state index contributed by atoms with van der Waals surface area (Å²) in [6.07, 6.45) is 3.04. The fraction of sp³-hybridized carbons (Fsp3) is 0.286. The van der Waals surface area contributed by atoms with Gasteiger partial charge in [-0.25, -0.2) is 4.68 Å². The summed E-state index contributed by atoms with van der Waals surface area (Å²) < 4.78 is 1.39. The number of carbonyl (C=O) groups excluding carboxylic acids is 1. The lowest BCUT2D eigenvalue weighted by atomic mass is 9.82. The Morgan fingerprint density at radius 1 is 1.20 bits per heavy atom. The van der Waals surface area contributed by atoms with Crippen molar-refractivity contribution in [3.8, 4) is 0 Å². The molecule has 0 radical (unpaired) electrons. The van der Waals surface area contributed by atoms with E-state index in [2.05, 4.69) is 5.10 Å². The Bertz CT molecular complexity index is 1010. The molecule has 126 valence electrons. The van der Waals surface area contributed by atoms with Crippen LogP contribution >= 0.6 is 0 Å². The maximum absolute atomic E-state index is 12.9. The molecule has 0 saturated heterocycles. The van der Waals surface area contributed by atoms with E-state index in [1.807, 2.05) is 42.5 Å². The van der Waals surface area contributed by atoms with Gasteiger partial charge < -0.3 is 0 Å². The lowest BCUT2D eigenvalue weighted by molar-refractivity contribution is 0.0958. The van der Waals surface area contributed by atoms with Crippen molar-refractivity contribution in [3.05, 3.63) is 75.7 Å². The molecule has 0 spiro atoms. The molecule has 0 amide bonds. The molecule has 0 saturated carbocycles. The first-order valence-electron chi connectivity index (χ1n) is 8.69. The number of rotatable bonds is 3. The van der Waals surface area contributed by atoms with Crippen molar-refractivity contribution in [3.63, 3.8) is 0 Å². The number of hydrogen-bond donors (Lipinski definition) is 0. The molecule has 0 aliphatic heterocycles. The van der Waals surface area contributed by atoms with Crippen molar-refractivity contribution in [2.24, 2.45) is 13.0 Å². The van der Waals surface area contributed by atoms with E-state index in [-0.39, 0.29) is 17.3 Å². The van der Waals surface area contributed by atoms with Gasteiger partial charge in [0.2, 0.25) is 0 Å². The third kappa shape index (κ3) is 3.00. The Labute approximate surface area is 146 Å². The van der Waals surface area contributed by atoms with E-state index >= 15 is 0 Å². The van der Waals surface area contributed by atoms with Crippen LogP contribution in [0.3, 0.4) is 0 Å². The van der Waals surface area contributed by atoms with Gasteiger partial charge in [-0.1, -0.05) is 42.5 Å². The average Bonchev–Trinajstić information content (AvgIpc) is 2.62. The normalized spacial score (nSPS) is 16.6. The fourth-order valence-corrected chi connectivity index (χ4v) is 3.78. The molecule has 4 rings (SSSR count). The molecule has 4 nitrogen and oxygen atoms in total. The van der Waals surface area contributed by atoms with Gasteiger partial charge in [0.05, 0.1) is 5.69 Å². The summed E-state index contributed by atoms with van der Waals surface area (Å²) in [6, 6.07) is 15.6. The predicted molar refractivity (Wildman–Crippen MR) is 97.9 cm³/mol. The Kier molecular flexibility index (Phi) is 3.96. The Hall–Kier alpha value is -2.75. The van der Waals surface area contributed by atoms with Crippen LogP contribution < -0.4 is 5.56 Å². The third-order valence-corrected chi connectivity index (χ3v) is 5.12. The van der Waals surface area contributed by atoms with E-state index in [1.165, 1.54) is 4.68 Å². The predicted octanol–water partition coefficient (Wildman–Crippen LogP) is 3.31. The molecule has 25 heavy (non-hydrogen) atoms. The van der Waals surface area contributed by atoms with Crippen molar-refractivity contribution in [2.45, 2.75) is 25.7 Å². The number of Topliss-reactive ketones (excluding diaryl/α,β-unsaturated/α-hetero) is 1. The van der Waals surface area contributed by atoms with E-state index in [9.17, 15) is 9.59 Å². The largest absolute Gasteiger partial charge is 0.294 e. The topological polar surface area (TPSA) is 52.0 Å². The number of hydrogen-bond acceptors (Lipinski definition) is 3. The molecule has 2 aromatic carbocycles. The highest BCUT2D eigenvalue weighted by Gasteiger charge is 2.24. The zero-order chi connectivity index (χ0) is 17.4. The van der Waals surface area contributed by atoms with Gasteiger partial charge >= 0.3 is 0 Å². The minimum absolute atomic E-state index is 0.0835. The quantitative estimate of drug-likeness (QED) is 0.692. The minimum atomic E-state index is -0.0835. The zero-order valence-corrected chi connectivity index (χ0v) is 14.2. The zero-order valence-electron chi connectivity index (χ0n) is 14.2. The summed E-state index contributed by atoms with van der Waals surface area (Å²) in [5.74, 6) is 0.454. The number of aromatic nitrogens is 2. The van der Waals surface area contributed by atoms with E-state index in [0.29, 0.717) is 6.42 Å². The molecule has 1 aliphatic rings. The van der Waals surface area contributed by atoms with Crippen LogP contribution in [-0.2, 0) is 19.9 Å². The molecule has 0 bridgehead atoms. The van der Waals surface area contributed by atoms with Gasteiger partial charge in [0.1, 0.15) is 0 Å². The molecular formula is C21H20N2O2. The van der Waals surface area contributed by atoms with E-state index in [4.69, 9.17) is 0 Å². The third-order valence-electron chi connectivity index (χ3n) is 5.12. The lowest BCUT2D eigenvalue weighted by Crippen LogP contribution is -2.26. The highest BCUT2D eigenvalue weighted by molar-refractivity contribution is 6.08. The number of benzene rings is 2. The second-order valence-electron chi connectivity index (χ2n) is 6.84. The van der Waals surface area contributed by atoms with Crippen LogP contribution in [0.4, 0.5) is 0 Å². The van der Waals surface area contributed by atoms with Gasteiger partial charge in [0.25, 0.3) is 5.56 Å². The average molecular weight is 332 g/mol.